The summed E-state index contributed by atoms with van der Waals surface area (Å²) in [5.41, 5.74) is -0.0826. The van der Waals surface area contributed by atoms with Crippen molar-refractivity contribution in [1.82, 2.24) is 10.3 Å². The predicted octanol–water partition coefficient (Wildman–Crippen LogP) is 1.55. The molecule has 1 fully saturated rings. The number of piperazine rings is 1. The third-order valence-corrected chi connectivity index (χ3v) is 2.66. The molecule has 0 radical (unpaired) electrons. The van der Waals surface area contributed by atoms with E-state index >= 15 is 0 Å². The van der Waals surface area contributed by atoms with E-state index in [0.29, 0.717) is 13.1 Å². The van der Waals surface area contributed by atoms with Gasteiger partial charge in [0.05, 0.1) is 6.20 Å². The van der Waals surface area contributed by atoms with Gasteiger partial charge in [0.1, 0.15) is 5.82 Å². The van der Waals surface area contributed by atoms with Crippen molar-refractivity contribution in [2.75, 3.05) is 24.5 Å². The smallest absolute Gasteiger partial charge is 0.168 e. The molecule has 1 saturated heterocycles. The van der Waals surface area contributed by atoms with E-state index in [9.17, 15) is 8.78 Å². The van der Waals surface area contributed by atoms with Crippen LogP contribution in [0.15, 0.2) is 12.3 Å². The minimum atomic E-state index is -0.643. The molecule has 0 bridgehead atoms. The Morgan fingerprint density at radius 3 is 2.81 bits per heavy atom. The molecule has 16 heavy (non-hydrogen) atoms. The minimum Gasteiger partial charge on any atom is -0.351 e. The van der Waals surface area contributed by atoms with Crippen molar-refractivity contribution in [2.24, 2.45) is 0 Å². The molecule has 2 rings (SSSR count). The zero-order chi connectivity index (χ0) is 11.8. The normalized spacial score (nSPS) is 19.9. The quantitative estimate of drug-likeness (QED) is 0.789. The van der Waals surface area contributed by atoms with Gasteiger partial charge in [-0.15, -0.1) is 0 Å². The van der Waals surface area contributed by atoms with Crippen LogP contribution < -0.4 is 10.2 Å². The van der Waals surface area contributed by atoms with Crippen LogP contribution in [0.1, 0.15) is 13.8 Å². The molecule has 1 aromatic heterocycles. The first-order valence-electron chi connectivity index (χ1n) is 5.29. The lowest BCUT2D eigenvalue weighted by molar-refractivity contribution is 0.349. The summed E-state index contributed by atoms with van der Waals surface area (Å²) in [6, 6.07) is 0.872. The highest BCUT2D eigenvalue weighted by molar-refractivity contribution is 5.41. The van der Waals surface area contributed by atoms with Gasteiger partial charge in [0, 0.05) is 31.2 Å². The molecule has 5 heteroatoms. The monoisotopic (exact) mass is 227 g/mol. The molecule has 0 aromatic carbocycles. The van der Waals surface area contributed by atoms with E-state index in [1.807, 2.05) is 18.7 Å². The molecule has 3 nitrogen and oxygen atoms in total. The molecule has 0 saturated carbocycles. The van der Waals surface area contributed by atoms with Gasteiger partial charge in [-0.1, -0.05) is 0 Å². The highest BCUT2D eigenvalue weighted by atomic mass is 19.1. The molecule has 1 aliphatic heterocycles. The van der Waals surface area contributed by atoms with Crippen molar-refractivity contribution in [3.8, 4) is 0 Å². The zero-order valence-corrected chi connectivity index (χ0v) is 9.43. The number of nitrogens with one attached hydrogen (secondary N) is 1. The Morgan fingerprint density at radius 1 is 1.44 bits per heavy atom. The van der Waals surface area contributed by atoms with Crippen molar-refractivity contribution in [3.05, 3.63) is 23.9 Å². The van der Waals surface area contributed by atoms with Crippen LogP contribution in [0.2, 0.25) is 0 Å². The number of aromatic nitrogens is 1. The highest BCUT2D eigenvalue weighted by Crippen LogP contribution is 2.20. The number of rotatable bonds is 1. The van der Waals surface area contributed by atoms with Gasteiger partial charge >= 0.3 is 0 Å². The summed E-state index contributed by atoms with van der Waals surface area (Å²) < 4.78 is 26.3. The van der Waals surface area contributed by atoms with Crippen molar-refractivity contribution in [1.29, 1.82) is 0 Å². The predicted molar refractivity (Wildman–Crippen MR) is 58.4 cm³/mol. The van der Waals surface area contributed by atoms with E-state index in [4.69, 9.17) is 0 Å². The lowest BCUT2D eigenvalue weighted by Gasteiger charge is -2.39. The molecule has 1 N–H and O–H groups in total. The number of hydrogen-bond acceptors (Lipinski definition) is 3. The Bertz CT molecular complexity index is 393. The van der Waals surface area contributed by atoms with E-state index in [-0.39, 0.29) is 11.4 Å². The summed E-state index contributed by atoms with van der Waals surface area (Å²) in [6.45, 7) is 6.19. The van der Waals surface area contributed by atoms with Gasteiger partial charge in [0.25, 0.3) is 0 Å². The first kappa shape index (κ1) is 11.3. The summed E-state index contributed by atoms with van der Waals surface area (Å²) in [7, 11) is 0. The average Bonchev–Trinajstić information content (AvgIpc) is 2.15. The Morgan fingerprint density at radius 2 is 2.19 bits per heavy atom. The van der Waals surface area contributed by atoms with E-state index in [2.05, 4.69) is 10.3 Å². The van der Waals surface area contributed by atoms with E-state index < -0.39 is 11.6 Å². The SMILES string of the molecule is CC1(C)CN(c2ncc(F)cc2F)CCN1. The fourth-order valence-corrected chi connectivity index (χ4v) is 1.96. The maximum Gasteiger partial charge on any atom is 0.168 e. The van der Waals surface area contributed by atoms with E-state index in [1.165, 1.54) is 0 Å². The molecule has 2 heterocycles. The maximum atomic E-state index is 13.5. The van der Waals surface area contributed by atoms with Crippen LogP contribution in [-0.4, -0.2) is 30.2 Å². The van der Waals surface area contributed by atoms with Gasteiger partial charge in [-0.05, 0) is 13.8 Å². The number of anilines is 1. The minimum absolute atomic E-state index is 0.0826. The molecule has 0 unspecified atom stereocenters. The molecule has 1 aliphatic rings. The lowest BCUT2D eigenvalue weighted by Crippen LogP contribution is -2.57. The Hall–Kier alpha value is -1.23. The van der Waals surface area contributed by atoms with Crippen LogP contribution in [0.3, 0.4) is 0 Å². The summed E-state index contributed by atoms with van der Waals surface area (Å²) in [5, 5.41) is 3.32. The van der Waals surface area contributed by atoms with Crippen LogP contribution in [0, 0.1) is 11.6 Å². The summed E-state index contributed by atoms with van der Waals surface area (Å²) in [4.78, 5) is 5.65. The topological polar surface area (TPSA) is 28.2 Å². The molecule has 0 atom stereocenters. The molecule has 0 amide bonds. The highest BCUT2D eigenvalue weighted by Gasteiger charge is 2.27. The molecular weight excluding hydrogens is 212 g/mol. The van der Waals surface area contributed by atoms with Gasteiger partial charge < -0.3 is 10.2 Å². The second-order valence-electron chi connectivity index (χ2n) is 4.69. The average molecular weight is 227 g/mol. The third kappa shape index (κ3) is 2.29. The van der Waals surface area contributed by atoms with Gasteiger partial charge in [-0.25, -0.2) is 13.8 Å². The Balaban J connectivity index is 2.23. The second-order valence-corrected chi connectivity index (χ2v) is 4.69. The van der Waals surface area contributed by atoms with Gasteiger partial charge in [0.15, 0.2) is 11.6 Å². The van der Waals surface area contributed by atoms with E-state index in [1.54, 1.807) is 0 Å². The lowest BCUT2D eigenvalue weighted by atomic mass is 10.0. The fraction of sp³-hybridized carbons (Fsp3) is 0.545. The second kappa shape index (κ2) is 3.97. The van der Waals surface area contributed by atoms with Crippen LogP contribution in [-0.2, 0) is 0 Å². The Labute approximate surface area is 93.5 Å². The third-order valence-electron chi connectivity index (χ3n) is 2.66. The molecule has 0 aliphatic carbocycles. The maximum absolute atomic E-state index is 13.5. The van der Waals surface area contributed by atoms with Crippen molar-refractivity contribution in [3.63, 3.8) is 0 Å². The van der Waals surface area contributed by atoms with Crippen LogP contribution >= 0.6 is 0 Å². The van der Waals surface area contributed by atoms with Crippen molar-refractivity contribution in [2.45, 2.75) is 19.4 Å². The number of pyridine rings is 1. The first-order valence-corrected chi connectivity index (χ1v) is 5.29. The number of halogens is 2. The number of nitrogens with zero attached hydrogens (tertiary/aromatic N) is 2. The molecule has 0 spiro atoms. The van der Waals surface area contributed by atoms with Gasteiger partial charge in [-0.3, -0.25) is 0 Å². The fourth-order valence-electron chi connectivity index (χ4n) is 1.96. The van der Waals surface area contributed by atoms with Crippen LogP contribution in [0.5, 0.6) is 0 Å². The summed E-state index contributed by atoms with van der Waals surface area (Å²) in [6.07, 6.45) is 1.05. The van der Waals surface area contributed by atoms with Gasteiger partial charge in [-0.2, -0.15) is 0 Å². The molecule has 1 aromatic rings. The first-order chi connectivity index (χ1) is 7.48. The molecular formula is C11H15F2N3. The number of hydrogen-bond donors (Lipinski definition) is 1. The van der Waals surface area contributed by atoms with Crippen molar-refractivity contribution >= 4 is 5.82 Å². The largest absolute Gasteiger partial charge is 0.351 e. The van der Waals surface area contributed by atoms with Crippen LogP contribution in [0.25, 0.3) is 0 Å². The standard InChI is InChI=1S/C11H15F2N3/c1-11(2)7-16(4-3-15-11)10-9(13)5-8(12)6-14-10/h5-6,15H,3-4,7H2,1-2H3. The van der Waals surface area contributed by atoms with Crippen LogP contribution in [0.4, 0.5) is 14.6 Å². The van der Waals surface area contributed by atoms with Gasteiger partial charge in [0.2, 0.25) is 0 Å². The summed E-state index contributed by atoms with van der Waals surface area (Å²) >= 11 is 0. The molecule has 88 valence electrons. The Kier molecular flexibility index (Phi) is 2.80. The zero-order valence-electron chi connectivity index (χ0n) is 9.43. The van der Waals surface area contributed by atoms with E-state index in [0.717, 1.165) is 18.8 Å². The summed E-state index contributed by atoms with van der Waals surface area (Å²) in [5.74, 6) is -1.01. The van der Waals surface area contributed by atoms with Crippen molar-refractivity contribution < 1.29 is 8.78 Å².